The average Bonchev–Trinajstić information content (AvgIpc) is 3.07. The van der Waals surface area contributed by atoms with Crippen molar-refractivity contribution in [3.8, 4) is 11.1 Å². The van der Waals surface area contributed by atoms with E-state index in [-0.39, 0.29) is 11.5 Å². The van der Waals surface area contributed by atoms with E-state index in [1.807, 2.05) is 49.6 Å². The van der Waals surface area contributed by atoms with E-state index in [4.69, 9.17) is 5.73 Å². The van der Waals surface area contributed by atoms with Crippen LogP contribution in [0.5, 0.6) is 0 Å². The van der Waals surface area contributed by atoms with Gasteiger partial charge in [0, 0.05) is 18.0 Å². The van der Waals surface area contributed by atoms with Crippen molar-refractivity contribution < 1.29 is 9.59 Å². The predicted molar refractivity (Wildman–Crippen MR) is 113 cm³/mol. The minimum atomic E-state index is -0.903. The predicted octanol–water partition coefficient (Wildman–Crippen LogP) is 2.97. The normalized spacial score (nSPS) is 12.3. The fourth-order valence-electron chi connectivity index (χ4n) is 2.79. The maximum absolute atomic E-state index is 13.0. The standard InChI is InChI=1S/C19H20N4O3S2/c1-10(2)14(15(24)21-18(20)26)28-19-22-16-13(17(25)23(19)3)12(9-27-16)11-7-5-4-6-8-11/h4-10,14H,1-3H3,(H3,20,21,24,26). The van der Waals surface area contributed by atoms with Crippen LogP contribution in [-0.4, -0.2) is 26.7 Å². The Morgan fingerprint density at radius 1 is 1.25 bits per heavy atom. The van der Waals surface area contributed by atoms with E-state index < -0.39 is 17.2 Å². The summed E-state index contributed by atoms with van der Waals surface area (Å²) in [5.74, 6) is -0.599. The lowest BCUT2D eigenvalue weighted by Crippen LogP contribution is -2.42. The number of nitrogens with zero attached hydrogens (tertiary/aromatic N) is 2. The minimum absolute atomic E-state index is 0.0971. The van der Waals surface area contributed by atoms with Gasteiger partial charge in [-0.15, -0.1) is 11.3 Å². The number of rotatable bonds is 5. The number of thiophene rings is 1. The first-order chi connectivity index (χ1) is 13.3. The molecule has 1 atom stereocenters. The first-order valence-corrected chi connectivity index (χ1v) is 10.4. The summed E-state index contributed by atoms with van der Waals surface area (Å²) < 4.78 is 1.44. The molecular formula is C19H20N4O3S2. The zero-order valence-corrected chi connectivity index (χ0v) is 17.3. The van der Waals surface area contributed by atoms with Crippen LogP contribution < -0.4 is 16.6 Å². The van der Waals surface area contributed by atoms with E-state index in [9.17, 15) is 14.4 Å². The van der Waals surface area contributed by atoms with Gasteiger partial charge in [0.15, 0.2) is 5.16 Å². The molecule has 28 heavy (non-hydrogen) atoms. The molecule has 0 radical (unpaired) electrons. The molecule has 0 spiro atoms. The van der Waals surface area contributed by atoms with Crippen LogP contribution in [0.1, 0.15) is 13.8 Å². The van der Waals surface area contributed by atoms with E-state index in [0.29, 0.717) is 15.4 Å². The number of aromatic nitrogens is 2. The van der Waals surface area contributed by atoms with Crippen molar-refractivity contribution >= 4 is 45.3 Å². The third kappa shape index (κ3) is 3.95. The number of imide groups is 1. The molecule has 0 aliphatic rings. The summed E-state index contributed by atoms with van der Waals surface area (Å²) in [7, 11) is 1.63. The van der Waals surface area contributed by atoms with Crippen LogP contribution in [0.25, 0.3) is 21.3 Å². The van der Waals surface area contributed by atoms with Gasteiger partial charge in [0.1, 0.15) is 4.83 Å². The van der Waals surface area contributed by atoms with Gasteiger partial charge < -0.3 is 5.73 Å². The molecule has 1 aromatic carbocycles. The van der Waals surface area contributed by atoms with Crippen molar-refractivity contribution in [2.24, 2.45) is 18.7 Å². The Balaban J connectivity index is 2.04. The van der Waals surface area contributed by atoms with Crippen molar-refractivity contribution in [3.63, 3.8) is 0 Å². The third-order valence-electron chi connectivity index (χ3n) is 4.20. The number of nitrogens with two attached hydrogens (primary N) is 1. The Morgan fingerprint density at radius 3 is 2.54 bits per heavy atom. The van der Waals surface area contributed by atoms with Crippen LogP contribution in [0.15, 0.2) is 45.7 Å². The van der Waals surface area contributed by atoms with E-state index >= 15 is 0 Å². The summed E-state index contributed by atoms with van der Waals surface area (Å²) >= 11 is 2.53. The average molecular weight is 417 g/mol. The van der Waals surface area contributed by atoms with Crippen LogP contribution in [-0.2, 0) is 11.8 Å². The first kappa shape index (κ1) is 20.1. The van der Waals surface area contributed by atoms with Crippen molar-refractivity contribution in [2.45, 2.75) is 24.3 Å². The Kier molecular flexibility index (Phi) is 5.85. The van der Waals surface area contributed by atoms with Crippen molar-refractivity contribution in [1.29, 1.82) is 0 Å². The number of benzene rings is 1. The SMILES string of the molecule is CC(C)C(Sc1nc2scc(-c3ccccc3)c2c(=O)n1C)C(=O)NC(N)=O. The van der Waals surface area contributed by atoms with E-state index in [1.165, 1.54) is 15.9 Å². The fourth-order valence-corrected chi connectivity index (χ4v) is 4.83. The zero-order valence-electron chi connectivity index (χ0n) is 15.6. The minimum Gasteiger partial charge on any atom is -0.351 e. The molecule has 9 heteroatoms. The van der Waals surface area contributed by atoms with Gasteiger partial charge in [-0.3, -0.25) is 19.5 Å². The van der Waals surface area contributed by atoms with Gasteiger partial charge >= 0.3 is 6.03 Å². The highest BCUT2D eigenvalue weighted by Gasteiger charge is 2.27. The number of hydrogen-bond acceptors (Lipinski definition) is 6. The lowest BCUT2D eigenvalue weighted by Gasteiger charge is -2.19. The quantitative estimate of drug-likeness (QED) is 0.491. The van der Waals surface area contributed by atoms with E-state index in [1.54, 1.807) is 7.05 Å². The van der Waals surface area contributed by atoms with E-state index in [2.05, 4.69) is 10.3 Å². The first-order valence-electron chi connectivity index (χ1n) is 8.60. The van der Waals surface area contributed by atoms with Gasteiger partial charge in [-0.1, -0.05) is 55.9 Å². The summed E-state index contributed by atoms with van der Waals surface area (Å²) in [6.45, 7) is 3.71. The van der Waals surface area contributed by atoms with Crippen molar-refractivity contribution in [3.05, 3.63) is 46.1 Å². The summed E-state index contributed by atoms with van der Waals surface area (Å²) in [6, 6.07) is 8.77. The lowest BCUT2D eigenvalue weighted by molar-refractivity contribution is -0.120. The van der Waals surface area contributed by atoms with Crippen LogP contribution in [0.3, 0.4) is 0 Å². The molecule has 3 amide bonds. The number of primary amides is 1. The number of nitrogens with one attached hydrogen (secondary N) is 1. The van der Waals surface area contributed by atoms with Gasteiger partial charge in [-0.2, -0.15) is 0 Å². The van der Waals surface area contributed by atoms with Crippen LogP contribution in [0.4, 0.5) is 4.79 Å². The highest BCUT2D eigenvalue weighted by molar-refractivity contribution is 8.00. The van der Waals surface area contributed by atoms with Gasteiger partial charge in [0.25, 0.3) is 5.56 Å². The summed E-state index contributed by atoms with van der Waals surface area (Å²) in [5.41, 5.74) is 6.68. The molecule has 0 aliphatic heterocycles. The summed E-state index contributed by atoms with van der Waals surface area (Å²) in [6.07, 6.45) is 0. The second-order valence-corrected chi connectivity index (χ2v) is 8.56. The molecule has 0 saturated heterocycles. The molecule has 2 heterocycles. The topological polar surface area (TPSA) is 107 Å². The largest absolute Gasteiger partial charge is 0.351 e. The molecule has 146 valence electrons. The molecule has 3 aromatic rings. The van der Waals surface area contributed by atoms with Crippen LogP contribution in [0.2, 0.25) is 0 Å². The highest BCUT2D eigenvalue weighted by Crippen LogP contribution is 2.33. The van der Waals surface area contributed by atoms with Gasteiger partial charge in [0.2, 0.25) is 5.91 Å². The van der Waals surface area contributed by atoms with Crippen molar-refractivity contribution in [2.75, 3.05) is 0 Å². The fraction of sp³-hybridized carbons (Fsp3) is 0.263. The molecule has 1 unspecified atom stereocenters. The second kappa shape index (κ2) is 8.15. The Labute approximate surface area is 170 Å². The zero-order chi connectivity index (χ0) is 20.4. The Bertz CT molecular complexity index is 1090. The monoisotopic (exact) mass is 416 g/mol. The molecule has 3 rings (SSSR count). The number of fused-ring (bicyclic) bond motifs is 1. The number of thioether (sulfide) groups is 1. The lowest BCUT2D eigenvalue weighted by atomic mass is 10.1. The highest BCUT2D eigenvalue weighted by atomic mass is 32.2. The number of carbonyl (C=O) groups is 2. The summed E-state index contributed by atoms with van der Waals surface area (Å²) in [4.78, 5) is 41.6. The van der Waals surface area contributed by atoms with Gasteiger partial charge in [-0.25, -0.2) is 9.78 Å². The maximum atomic E-state index is 13.0. The number of urea groups is 1. The second-order valence-electron chi connectivity index (χ2n) is 6.59. The molecule has 0 fully saturated rings. The summed E-state index contributed by atoms with van der Waals surface area (Å²) in [5, 5.41) is 4.39. The molecular weight excluding hydrogens is 396 g/mol. The van der Waals surface area contributed by atoms with Gasteiger partial charge in [-0.05, 0) is 11.5 Å². The molecule has 7 nitrogen and oxygen atoms in total. The molecule has 2 aromatic heterocycles. The maximum Gasteiger partial charge on any atom is 0.318 e. The molecule has 3 N–H and O–H groups in total. The molecule has 0 saturated carbocycles. The molecule has 0 aliphatic carbocycles. The number of carbonyl (C=O) groups excluding carboxylic acids is 2. The van der Waals surface area contributed by atoms with Crippen LogP contribution in [0, 0.1) is 5.92 Å². The van der Waals surface area contributed by atoms with Gasteiger partial charge in [0.05, 0.1) is 10.6 Å². The Morgan fingerprint density at radius 2 is 1.93 bits per heavy atom. The number of amides is 3. The molecule has 0 bridgehead atoms. The third-order valence-corrected chi connectivity index (χ3v) is 6.66. The van der Waals surface area contributed by atoms with Crippen molar-refractivity contribution in [1.82, 2.24) is 14.9 Å². The number of hydrogen-bond donors (Lipinski definition) is 2. The van der Waals surface area contributed by atoms with E-state index in [0.717, 1.165) is 22.9 Å². The Hall–Kier alpha value is -2.65. The van der Waals surface area contributed by atoms with Crippen LogP contribution >= 0.6 is 23.1 Å². The smallest absolute Gasteiger partial charge is 0.318 e.